The predicted molar refractivity (Wildman–Crippen MR) is 112 cm³/mol. The Hall–Kier alpha value is -3.19. The molecule has 1 saturated heterocycles. The van der Waals surface area contributed by atoms with Gasteiger partial charge in [-0.1, -0.05) is 36.8 Å². The number of carboxylic acid groups (broad SMARTS) is 1. The molecule has 0 bridgehead atoms. The van der Waals surface area contributed by atoms with E-state index in [1.165, 1.54) is 12.1 Å². The van der Waals surface area contributed by atoms with Crippen LogP contribution in [0.5, 0.6) is 5.75 Å². The normalized spacial score (nSPS) is 16.9. The molecular formula is C24H25FN2O4. The molecule has 1 unspecified atom stereocenters. The summed E-state index contributed by atoms with van der Waals surface area (Å²) < 4.78 is 25.0. The van der Waals surface area contributed by atoms with Gasteiger partial charge in [-0.15, -0.1) is 0 Å². The van der Waals surface area contributed by atoms with Crippen molar-refractivity contribution in [3.05, 3.63) is 83.3 Å². The average molecular weight is 424 g/mol. The lowest BCUT2D eigenvalue weighted by Crippen LogP contribution is -2.33. The number of hydrogen-bond donors (Lipinski definition) is 1. The molecule has 31 heavy (non-hydrogen) atoms. The quantitative estimate of drug-likeness (QED) is 0.570. The van der Waals surface area contributed by atoms with Crippen molar-refractivity contribution in [2.24, 2.45) is 0 Å². The minimum atomic E-state index is -1.00. The van der Waals surface area contributed by atoms with Crippen molar-refractivity contribution in [2.75, 3.05) is 13.2 Å². The number of likely N-dealkylation sites (tertiary alicyclic amines) is 1. The Morgan fingerprint density at radius 1 is 1.23 bits per heavy atom. The van der Waals surface area contributed by atoms with Crippen molar-refractivity contribution in [2.45, 2.75) is 38.3 Å². The maximum absolute atomic E-state index is 13.5. The Balaban J connectivity index is 1.49. The first-order valence-corrected chi connectivity index (χ1v) is 10.4. The predicted octanol–water partition coefficient (Wildman–Crippen LogP) is 4.60. The molecule has 0 saturated carbocycles. The van der Waals surface area contributed by atoms with Crippen molar-refractivity contribution in [1.29, 1.82) is 0 Å². The first-order chi connectivity index (χ1) is 15.1. The van der Waals surface area contributed by atoms with Crippen LogP contribution in [0.1, 0.15) is 48.1 Å². The van der Waals surface area contributed by atoms with Gasteiger partial charge in [-0.05, 0) is 43.1 Å². The Morgan fingerprint density at radius 3 is 2.94 bits per heavy atom. The first-order valence-electron chi connectivity index (χ1n) is 10.4. The summed E-state index contributed by atoms with van der Waals surface area (Å²) in [6.07, 6.45) is 5.30. The second-order valence-corrected chi connectivity index (χ2v) is 7.74. The van der Waals surface area contributed by atoms with E-state index in [-0.39, 0.29) is 18.5 Å². The molecule has 1 atom stereocenters. The minimum Gasteiger partial charge on any atom is -0.482 e. The fraction of sp³-hybridized carbons (Fsp3) is 0.333. The highest BCUT2D eigenvalue weighted by molar-refractivity contribution is 5.68. The zero-order chi connectivity index (χ0) is 21.6. The van der Waals surface area contributed by atoms with Crippen LogP contribution in [0.3, 0.4) is 0 Å². The summed E-state index contributed by atoms with van der Waals surface area (Å²) in [6, 6.07) is 14.0. The van der Waals surface area contributed by atoms with Crippen molar-refractivity contribution in [3.8, 4) is 5.75 Å². The SMILES string of the molecule is O=C(O)COc1ccccc1CN1CCCCC1c1ncc(Cc2cccc(F)c2)o1. The van der Waals surface area contributed by atoms with Gasteiger partial charge in [0.2, 0.25) is 5.89 Å². The van der Waals surface area contributed by atoms with Gasteiger partial charge in [0.15, 0.2) is 6.61 Å². The highest BCUT2D eigenvalue weighted by atomic mass is 19.1. The number of benzene rings is 2. The molecule has 1 fully saturated rings. The topological polar surface area (TPSA) is 75.8 Å². The van der Waals surface area contributed by atoms with Crippen LogP contribution in [0.4, 0.5) is 4.39 Å². The molecule has 0 spiro atoms. The zero-order valence-electron chi connectivity index (χ0n) is 17.2. The third-order valence-corrected chi connectivity index (χ3v) is 5.43. The van der Waals surface area contributed by atoms with Gasteiger partial charge in [0.1, 0.15) is 17.3 Å². The van der Waals surface area contributed by atoms with Gasteiger partial charge in [0.25, 0.3) is 0 Å². The van der Waals surface area contributed by atoms with Crippen LogP contribution < -0.4 is 4.74 Å². The van der Waals surface area contributed by atoms with Crippen molar-refractivity contribution in [1.82, 2.24) is 9.88 Å². The molecule has 1 aromatic heterocycles. The van der Waals surface area contributed by atoms with E-state index in [0.29, 0.717) is 30.4 Å². The van der Waals surface area contributed by atoms with Crippen molar-refractivity contribution < 1.29 is 23.4 Å². The number of para-hydroxylation sites is 1. The van der Waals surface area contributed by atoms with Crippen LogP contribution in [0.15, 0.2) is 59.1 Å². The lowest BCUT2D eigenvalue weighted by Gasteiger charge is -2.34. The summed E-state index contributed by atoms with van der Waals surface area (Å²) in [5, 5.41) is 8.92. The van der Waals surface area contributed by atoms with Gasteiger partial charge >= 0.3 is 5.97 Å². The number of aromatic nitrogens is 1. The summed E-state index contributed by atoms with van der Waals surface area (Å²) in [5.74, 6) is 0.676. The number of carboxylic acids is 1. The van der Waals surface area contributed by atoms with E-state index in [4.69, 9.17) is 14.3 Å². The first kappa shape index (κ1) is 21.1. The van der Waals surface area contributed by atoms with Crippen LogP contribution in [0.2, 0.25) is 0 Å². The fourth-order valence-corrected chi connectivity index (χ4v) is 4.00. The van der Waals surface area contributed by atoms with Gasteiger partial charge < -0.3 is 14.3 Å². The molecule has 0 aliphatic carbocycles. The monoisotopic (exact) mass is 424 g/mol. The van der Waals surface area contributed by atoms with Crippen molar-refractivity contribution in [3.63, 3.8) is 0 Å². The highest BCUT2D eigenvalue weighted by Crippen LogP contribution is 2.33. The smallest absolute Gasteiger partial charge is 0.341 e. The van der Waals surface area contributed by atoms with Crippen LogP contribution in [-0.4, -0.2) is 34.1 Å². The van der Waals surface area contributed by atoms with Gasteiger partial charge in [0.05, 0.1) is 12.2 Å². The maximum atomic E-state index is 13.5. The third-order valence-electron chi connectivity index (χ3n) is 5.43. The third kappa shape index (κ3) is 5.49. The molecule has 162 valence electrons. The highest BCUT2D eigenvalue weighted by Gasteiger charge is 2.28. The number of halogens is 1. The largest absolute Gasteiger partial charge is 0.482 e. The Morgan fingerprint density at radius 2 is 2.10 bits per heavy atom. The van der Waals surface area contributed by atoms with E-state index in [9.17, 15) is 9.18 Å². The molecule has 4 rings (SSSR count). The Labute approximate surface area is 180 Å². The van der Waals surface area contributed by atoms with E-state index in [1.807, 2.05) is 24.3 Å². The van der Waals surface area contributed by atoms with Gasteiger partial charge in [-0.3, -0.25) is 4.90 Å². The van der Waals surface area contributed by atoms with E-state index in [0.717, 1.165) is 36.9 Å². The summed E-state index contributed by atoms with van der Waals surface area (Å²) in [4.78, 5) is 17.7. The number of ether oxygens (including phenoxy) is 1. The van der Waals surface area contributed by atoms with E-state index in [1.54, 1.807) is 18.3 Å². The molecular weight excluding hydrogens is 399 g/mol. The van der Waals surface area contributed by atoms with Crippen LogP contribution in [0.25, 0.3) is 0 Å². The van der Waals surface area contributed by atoms with Crippen LogP contribution in [-0.2, 0) is 17.8 Å². The number of hydrogen-bond acceptors (Lipinski definition) is 5. The second-order valence-electron chi connectivity index (χ2n) is 7.74. The summed E-state index contributed by atoms with van der Waals surface area (Å²) in [6.45, 7) is 1.13. The maximum Gasteiger partial charge on any atom is 0.341 e. The van der Waals surface area contributed by atoms with Crippen LogP contribution in [0, 0.1) is 5.82 Å². The van der Waals surface area contributed by atoms with Crippen molar-refractivity contribution >= 4 is 5.97 Å². The standard InChI is InChI=1S/C24H25FN2O4/c25-19-8-5-6-17(12-19)13-20-14-26-24(31-20)21-9-3-4-11-27(21)15-18-7-1-2-10-22(18)30-16-23(28)29/h1-2,5-8,10,12,14,21H,3-4,9,11,13,15-16H2,(H,28,29). The van der Waals surface area contributed by atoms with E-state index >= 15 is 0 Å². The Bertz CT molecular complexity index is 1040. The Kier molecular flexibility index (Phi) is 6.62. The summed E-state index contributed by atoms with van der Waals surface area (Å²) >= 11 is 0. The van der Waals surface area contributed by atoms with Gasteiger partial charge in [-0.25, -0.2) is 14.2 Å². The number of rotatable bonds is 8. The number of carbonyl (C=O) groups is 1. The summed E-state index contributed by atoms with van der Waals surface area (Å²) in [7, 11) is 0. The molecule has 3 aromatic rings. The molecule has 2 aromatic carbocycles. The number of nitrogens with zero attached hydrogens (tertiary/aromatic N) is 2. The summed E-state index contributed by atoms with van der Waals surface area (Å²) in [5.41, 5.74) is 1.77. The molecule has 1 aliphatic heterocycles. The molecule has 2 heterocycles. The van der Waals surface area contributed by atoms with Crippen LogP contribution >= 0.6 is 0 Å². The lowest BCUT2D eigenvalue weighted by molar-refractivity contribution is -0.139. The number of aliphatic carboxylic acids is 1. The minimum absolute atomic E-state index is 0.0301. The molecule has 7 heteroatoms. The number of piperidine rings is 1. The molecule has 0 radical (unpaired) electrons. The number of oxazole rings is 1. The molecule has 6 nitrogen and oxygen atoms in total. The van der Waals surface area contributed by atoms with E-state index in [2.05, 4.69) is 9.88 Å². The zero-order valence-corrected chi connectivity index (χ0v) is 17.2. The molecule has 1 aliphatic rings. The lowest BCUT2D eigenvalue weighted by atomic mass is 10.0. The van der Waals surface area contributed by atoms with E-state index < -0.39 is 5.97 Å². The molecule has 0 amide bonds. The van der Waals surface area contributed by atoms with Gasteiger partial charge in [0, 0.05) is 18.5 Å². The van der Waals surface area contributed by atoms with Gasteiger partial charge in [-0.2, -0.15) is 0 Å². The second kappa shape index (κ2) is 9.75. The average Bonchev–Trinajstić information content (AvgIpc) is 3.22. The fourth-order valence-electron chi connectivity index (χ4n) is 4.00. The molecule has 1 N–H and O–H groups in total.